The molecule has 0 spiro atoms. The van der Waals surface area contributed by atoms with Crippen LogP contribution in [-0.4, -0.2) is 0 Å². The van der Waals surface area contributed by atoms with E-state index < -0.39 is 0 Å². The Bertz CT molecular complexity index is 159. The second kappa shape index (κ2) is 2.02. The molecule has 4 unspecified atom stereocenters. The lowest BCUT2D eigenvalue weighted by molar-refractivity contribution is 0.0160. The van der Waals surface area contributed by atoms with Gasteiger partial charge in [-0.1, -0.05) is 27.7 Å². The Morgan fingerprint density at radius 3 is 1.82 bits per heavy atom. The van der Waals surface area contributed by atoms with Crippen molar-refractivity contribution in [3.05, 3.63) is 0 Å². The Balaban J connectivity index is 2.15. The summed E-state index contributed by atoms with van der Waals surface area (Å²) in [6.45, 7) is 9.67. The molecule has 4 atom stereocenters. The van der Waals surface area contributed by atoms with E-state index in [0.29, 0.717) is 0 Å². The molecule has 2 rings (SSSR count). The van der Waals surface area contributed by atoms with Gasteiger partial charge in [0.05, 0.1) is 0 Å². The molecular formula is C11H20. The standard InChI is InChI=1S/C11H20/c1-5-11(6-2)8(4)9-7(3)10(9)11/h7-10H,5-6H2,1-4H3. The SMILES string of the molecule is CCC1(CC)C(C)C2C(C)C21. The minimum absolute atomic E-state index is 0.768. The first-order valence-electron chi connectivity index (χ1n) is 5.19. The Labute approximate surface area is 70.4 Å². The maximum atomic E-state index is 2.47. The van der Waals surface area contributed by atoms with E-state index >= 15 is 0 Å². The summed E-state index contributed by atoms with van der Waals surface area (Å²) in [4.78, 5) is 0. The summed E-state index contributed by atoms with van der Waals surface area (Å²) in [6, 6.07) is 0. The van der Waals surface area contributed by atoms with Gasteiger partial charge in [-0.05, 0) is 41.9 Å². The van der Waals surface area contributed by atoms with Crippen LogP contribution in [0.1, 0.15) is 40.5 Å². The fraction of sp³-hybridized carbons (Fsp3) is 1.00. The highest BCUT2D eigenvalue weighted by molar-refractivity contribution is 5.18. The normalized spacial score (nSPS) is 51.3. The van der Waals surface area contributed by atoms with Crippen LogP contribution < -0.4 is 0 Å². The third-order valence-corrected chi connectivity index (χ3v) is 4.91. The molecule has 2 saturated carbocycles. The van der Waals surface area contributed by atoms with Crippen molar-refractivity contribution in [2.24, 2.45) is 29.1 Å². The van der Waals surface area contributed by atoms with Crippen molar-refractivity contribution < 1.29 is 0 Å². The van der Waals surface area contributed by atoms with Gasteiger partial charge < -0.3 is 0 Å². The number of hydrogen-bond donors (Lipinski definition) is 0. The van der Waals surface area contributed by atoms with Gasteiger partial charge in [-0.2, -0.15) is 0 Å². The van der Waals surface area contributed by atoms with Crippen LogP contribution in [0.5, 0.6) is 0 Å². The van der Waals surface area contributed by atoms with Crippen molar-refractivity contribution >= 4 is 0 Å². The minimum atomic E-state index is 0.768. The molecule has 0 aromatic carbocycles. The quantitative estimate of drug-likeness (QED) is 0.569. The van der Waals surface area contributed by atoms with Crippen molar-refractivity contribution in [3.8, 4) is 0 Å². The van der Waals surface area contributed by atoms with Crippen LogP contribution in [0, 0.1) is 29.1 Å². The molecule has 0 N–H and O–H groups in total. The van der Waals surface area contributed by atoms with Gasteiger partial charge >= 0.3 is 0 Å². The fourth-order valence-corrected chi connectivity index (χ4v) is 4.10. The van der Waals surface area contributed by atoms with E-state index in [9.17, 15) is 0 Å². The average Bonchev–Trinajstić information content (AvgIpc) is 2.61. The van der Waals surface area contributed by atoms with E-state index in [4.69, 9.17) is 0 Å². The summed E-state index contributed by atoms with van der Waals surface area (Å²) < 4.78 is 0. The maximum Gasteiger partial charge on any atom is -0.0240 e. The van der Waals surface area contributed by atoms with Crippen LogP contribution in [0.4, 0.5) is 0 Å². The molecular weight excluding hydrogens is 132 g/mol. The molecule has 2 aliphatic carbocycles. The van der Waals surface area contributed by atoms with Gasteiger partial charge in [0.25, 0.3) is 0 Å². The zero-order valence-corrected chi connectivity index (χ0v) is 8.22. The Morgan fingerprint density at radius 1 is 1.09 bits per heavy atom. The maximum absolute atomic E-state index is 2.47. The first-order chi connectivity index (χ1) is 5.19. The summed E-state index contributed by atoms with van der Waals surface area (Å²) in [5.41, 5.74) is 0.768. The summed E-state index contributed by atoms with van der Waals surface area (Å²) in [6.07, 6.45) is 2.83. The largest absolute Gasteiger partial charge is 0.0648 e. The highest BCUT2D eigenvalue weighted by atomic mass is 14.8. The van der Waals surface area contributed by atoms with Crippen molar-refractivity contribution in [2.75, 3.05) is 0 Å². The van der Waals surface area contributed by atoms with Crippen molar-refractivity contribution in [2.45, 2.75) is 40.5 Å². The van der Waals surface area contributed by atoms with Gasteiger partial charge in [0.15, 0.2) is 0 Å². The highest BCUT2D eigenvalue weighted by Crippen LogP contribution is 2.76. The summed E-state index contributed by atoms with van der Waals surface area (Å²) >= 11 is 0. The molecule has 0 heterocycles. The first kappa shape index (κ1) is 7.64. The van der Waals surface area contributed by atoms with Gasteiger partial charge in [-0.15, -0.1) is 0 Å². The van der Waals surface area contributed by atoms with Gasteiger partial charge in [0.2, 0.25) is 0 Å². The molecule has 2 fully saturated rings. The predicted molar refractivity (Wildman–Crippen MR) is 48.3 cm³/mol. The van der Waals surface area contributed by atoms with Gasteiger partial charge in [0.1, 0.15) is 0 Å². The molecule has 64 valence electrons. The molecule has 0 aliphatic heterocycles. The molecule has 0 aromatic rings. The van der Waals surface area contributed by atoms with Crippen LogP contribution in [0.2, 0.25) is 0 Å². The van der Waals surface area contributed by atoms with E-state index in [1.807, 2.05) is 0 Å². The van der Waals surface area contributed by atoms with E-state index in [1.54, 1.807) is 0 Å². The summed E-state index contributed by atoms with van der Waals surface area (Å²) in [5, 5.41) is 0. The van der Waals surface area contributed by atoms with Gasteiger partial charge in [-0.25, -0.2) is 0 Å². The summed E-state index contributed by atoms with van der Waals surface area (Å²) in [7, 11) is 0. The Morgan fingerprint density at radius 2 is 1.64 bits per heavy atom. The van der Waals surface area contributed by atoms with Crippen molar-refractivity contribution in [3.63, 3.8) is 0 Å². The monoisotopic (exact) mass is 152 g/mol. The third kappa shape index (κ3) is 0.625. The number of rotatable bonds is 2. The van der Waals surface area contributed by atoms with Crippen LogP contribution in [-0.2, 0) is 0 Å². The molecule has 0 nitrogen and oxygen atoms in total. The molecule has 0 heteroatoms. The smallest absolute Gasteiger partial charge is 0.0240 e. The minimum Gasteiger partial charge on any atom is -0.0648 e. The van der Waals surface area contributed by atoms with Gasteiger partial charge in [0, 0.05) is 0 Å². The molecule has 0 bridgehead atoms. The molecule has 11 heavy (non-hydrogen) atoms. The highest BCUT2D eigenvalue weighted by Gasteiger charge is 2.71. The first-order valence-corrected chi connectivity index (χ1v) is 5.19. The Hall–Kier alpha value is 0. The van der Waals surface area contributed by atoms with Crippen molar-refractivity contribution in [1.82, 2.24) is 0 Å². The number of fused-ring (bicyclic) bond motifs is 1. The van der Waals surface area contributed by atoms with E-state index in [1.165, 1.54) is 12.8 Å². The van der Waals surface area contributed by atoms with Gasteiger partial charge in [-0.3, -0.25) is 0 Å². The predicted octanol–water partition coefficient (Wildman–Crippen LogP) is 3.32. The fourth-order valence-electron chi connectivity index (χ4n) is 4.10. The zero-order valence-electron chi connectivity index (χ0n) is 8.22. The van der Waals surface area contributed by atoms with Crippen LogP contribution in [0.3, 0.4) is 0 Å². The van der Waals surface area contributed by atoms with E-state index in [-0.39, 0.29) is 0 Å². The van der Waals surface area contributed by atoms with Crippen LogP contribution in [0.15, 0.2) is 0 Å². The van der Waals surface area contributed by atoms with Crippen molar-refractivity contribution in [1.29, 1.82) is 0 Å². The average molecular weight is 152 g/mol. The lowest BCUT2D eigenvalue weighted by Gasteiger charge is -2.47. The van der Waals surface area contributed by atoms with E-state index in [0.717, 1.165) is 29.1 Å². The molecule has 0 radical (unpaired) electrons. The second-order valence-corrected chi connectivity index (χ2v) is 4.69. The van der Waals surface area contributed by atoms with Crippen LogP contribution >= 0.6 is 0 Å². The molecule has 0 amide bonds. The second-order valence-electron chi connectivity index (χ2n) is 4.69. The van der Waals surface area contributed by atoms with E-state index in [2.05, 4.69) is 27.7 Å². The molecule has 0 saturated heterocycles. The lowest BCUT2D eigenvalue weighted by atomic mass is 9.58. The Kier molecular flexibility index (Phi) is 1.41. The topological polar surface area (TPSA) is 0 Å². The zero-order chi connectivity index (χ0) is 8.22. The molecule has 2 aliphatic rings. The number of hydrogen-bond acceptors (Lipinski definition) is 0. The third-order valence-electron chi connectivity index (χ3n) is 4.91. The van der Waals surface area contributed by atoms with Crippen LogP contribution in [0.25, 0.3) is 0 Å². The lowest BCUT2D eigenvalue weighted by Crippen LogP contribution is -2.40. The molecule has 0 aromatic heterocycles. The summed E-state index contributed by atoms with van der Waals surface area (Å²) in [5.74, 6) is 4.32.